The first-order valence-corrected chi connectivity index (χ1v) is 6.29. The SMILES string of the molecule is Cc1ccccc1Cc1cn2c(Cl)cccc2n1. The number of halogens is 1. The van der Waals surface area contributed by atoms with E-state index < -0.39 is 0 Å². The van der Waals surface area contributed by atoms with E-state index in [1.54, 1.807) is 0 Å². The summed E-state index contributed by atoms with van der Waals surface area (Å²) in [5, 5.41) is 0.691. The van der Waals surface area contributed by atoms with Gasteiger partial charge >= 0.3 is 0 Å². The second kappa shape index (κ2) is 4.46. The number of aryl methyl sites for hydroxylation is 1. The minimum atomic E-state index is 0.691. The highest BCUT2D eigenvalue weighted by Crippen LogP contribution is 2.17. The molecule has 90 valence electrons. The van der Waals surface area contributed by atoms with Crippen molar-refractivity contribution in [3.05, 3.63) is 70.6 Å². The molecule has 0 aliphatic heterocycles. The number of hydrogen-bond acceptors (Lipinski definition) is 1. The molecule has 2 aromatic heterocycles. The first-order chi connectivity index (χ1) is 8.74. The molecule has 0 radical (unpaired) electrons. The van der Waals surface area contributed by atoms with Gasteiger partial charge in [0.05, 0.1) is 5.69 Å². The van der Waals surface area contributed by atoms with Crippen LogP contribution in [0, 0.1) is 6.92 Å². The van der Waals surface area contributed by atoms with Crippen molar-refractivity contribution in [2.75, 3.05) is 0 Å². The summed E-state index contributed by atoms with van der Waals surface area (Å²) in [6, 6.07) is 14.1. The van der Waals surface area contributed by atoms with Crippen molar-refractivity contribution in [3.8, 4) is 0 Å². The Kier molecular flexibility index (Phi) is 2.80. The molecule has 0 fully saturated rings. The van der Waals surface area contributed by atoms with Gasteiger partial charge in [0.2, 0.25) is 0 Å². The lowest BCUT2D eigenvalue weighted by Gasteiger charge is -2.02. The summed E-state index contributed by atoms with van der Waals surface area (Å²) >= 11 is 6.13. The zero-order chi connectivity index (χ0) is 12.5. The third-order valence-electron chi connectivity index (χ3n) is 3.13. The van der Waals surface area contributed by atoms with E-state index >= 15 is 0 Å². The Bertz CT molecular complexity index is 701. The summed E-state index contributed by atoms with van der Waals surface area (Å²) in [6.07, 6.45) is 2.84. The molecule has 0 atom stereocenters. The van der Waals surface area contributed by atoms with Crippen molar-refractivity contribution in [2.24, 2.45) is 0 Å². The van der Waals surface area contributed by atoms with E-state index in [0.717, 1.165) is 17.8 Å². The van der Waals surface area contributed by atoms with Crippen LogP contribution in [0.5, 0.6) is 0 Å². The van der Waals surface area contributed by atoms with Crippen LogP contribution in [0.1, 0.15) is 16.8 Å². The fourth-order valence-corrected chi connectivity index (χ4v) is 2.32. The van der Waals surface area contributed by atoms with E-state index in [0.29, 0.717) is 5.15 Å². The van der Waals surface area contributed by atoms with E-state index in [-0.39, 0.29) is 0 Å². The quantitative estimate of drug-likeness (QED) is 0.636. The summed E-state index contributed by atoms with van der Waals surface area (Å²) in [6.45, 7) is 2.12. The monoisotopic (exact) mass is 256 g/mol. The number of imidazole rings is 1. The second-order valence-electron chi connectivity index (χ2n) is 4.41. The highest BCUT2D eigenvalue weighted by atomic mass is 35.5. The second-order valence-corrected chi connectivity index (χ2v) is 4.80. The third-order valence-corrected chi connectivity index (χ3v) is 3.43. The van der Waals surface area contributed by atoms with Crippen LogP contribution in [0.25, 0.3) is 5.65 Å². The van der Waals surface area contributed by atoms with Crippen LogP contribution >= 0.6 is 11.6 Å². The Hall–Kier alpha value is -1.80. The molecule has 0 N–H and O–H groups in total. The molecule has 0 saturated carbocycles. The molecular formula is C15H13ClN2. The molecule has 18 heavy (non-hydrogen) atoms. The number of nitrogens with zero attached hydrogens (tertiary/aromatic N) is 2. The molecule has 0 amide bonds. The average molecular weight is 257 g/mol. The van der Waals surface area contributed by atoms with Crippen LogP contribution in [-0.2, 0) is 6.42 Å². The molecule has 0 spiro atoms. The Labute approximate surface area is 111 Å². The van der Waals surface area contributed by atoms with Gasteiger partial charge in [-0.05, 0) is 30.2 Å². The van der Waals surface area contributed by atoms with Crippen molar-refractivity contribution in [3.63, 3.8) is 0 Å². The topological polar surface area (TPSA) is 17.3 Å². The molecule has 3 aromatic rings. The zero-order valence-corrected chi connectivity index (χ0v) is 10.9. The van der Waals surface area contributed by atoms with Crippen molar-refractivity contribution in [1.29, 1.82) is 0 Å². The normalized spacial score (nSPS) is 11.0. The van der Waals surface area contributed by atoms with Gasteiger partial charge in [-0.25, -0.2) is 4.98 Å². The maximum absolute atomic E-state index is 6.13. The predicted octanol–water partition coefficient (Wildman–Crippen LogP) is 3.89. The summed E-state index contributed by atoms with van der Waals surface area (Å²) in [7, 11) is 0. The van der Waals surface area contributed by atoms with E-state index in [1.165, 1.54) is 11.1 Å². The predicted molar refractivity (Wildman–Crippen MR) is 74.2 cm³/mol. The van der Waals surface area contributed by atoms with Crippen molar-refractivity contribution in [1.82, 2.24) is 9.38 Å². The van der Waals surface area contributed by atoms with Crippen LogP contribution < -0.4 is 0 Å². The molecule has 0 aliphatic carbocycles. The molecule has 3 rings (SSSR count). The lowest BCUT2D eigenvalue weighted by molar-refractivity contribution is 1.09. The minimum Gasteiger partial charge on any atom is -0.290 e. The van der Waals surface area contributed by atoms with Gasteiger partial charge in [0, 0.05) is 12.6 Å². The summed E-state index contributed by atoms with van der Waals surface area (Å²) in [4.78, 5) is 4.59. The van der Waals surface area contributed by atoms with Crippen LogP contribution in [0.15, 0.2) is 48.7 Å². The van der Waals surface area contributed by atoms with Gasteiger partial charge in [0.15, 0.2) is 0 Å². The molecule has 0 saturated heterocycles. The van der Waals surface area contributed by atoms with Gasteiger partial charge in [-0.3, -0.25) is 4.40 Å². The van der Waals surface area contributed by atoms with E-state index in [2.05, 4.69) is 36.2 Å². The average Bonchev–Trinajstić information content (AvgIpc) is 2.76. The van der Waals surface area contributed by atoms with Gasteiger partial charge in [-0.1, -0.05) is 41.9 Å². The number of hydrogen-bond donors (Lipinski definition) is 0. The largest absolute Gasteiger partial charge is 0.290 e. The Morgan fingerprint density at radius 2 is 1.94 bits per heavy atom. The van der Waals surface area contributed by atoms with Crippen molar-refractivity contribution >= 4 is 17.2 Å². The summed E-state index contributed by atoms with van der Waals surface area (Å²) in [5.41, 5.74) is 4.53. The molecule has 0 unspecified atom stereocenters. The molecule has 0 bridgehead atoms. The minimum absolute atomic E-state index is 0.691. The first-order valence-electron chi connectivity index (χ1n) is 5.91. The van der Waals surface area contributed by atoms with E-state index in [9.17, 15) is 0 Å². The smallest absolute Gasteiger partial charge is 0.138 e. The van der Waals surface area contributed by atoms with Gasteiger partial charge in [-0.15, -0.1) is 0 Å². The number of pyridine rings is 1. The number of benzene rings is 1. The van der Waals surface area contributed by atoms with E-state index in [4.69, 9.17) is 11.6 Å². The van der Waals surface area contributed by atoms with Gasteiger partial charge in [0.25, 0.3) is 0 Å². The lowest BCUT2D eigenvalue weighted by atomic mass is 10.0. The van der Waals surface area contributed by atoms with Crippen LogP contribution in [0.2, 0.25) is 5.15 Å². The van der Waals surface area contributed by atoms with Gasteiger partial charge in [-0.2, -0.15) is 0 Å². The number of fused-ring (bicyclic) bond motifs is 1. The summed E-state index contributed by atoms with van der Waals surface area (Å²) in [5.74, 6) is 0. The maximum atomic E-state index is 6.13. The number of aromatic nitrogens is 2. The molecule has 2 heterocycles. The highest BCUT2D eigenvalue weighted by molar-refractivity contribution is 6.29. The molecule has 0 aliphatic rings. The lowest BCUT2D eigenvalue weighted by Crippen LogP contribution is -1.91. The number of rotatable bonds is 2. The molecule has 2 nitrogen and oxygen atoms in total. The summed E-state index contributed by atoms with van der Waals surface area (Å²) < 4.78 is 1.91. The maximum Gasteiger partial charge on any atom is 0.138 e. The standard InChI is InChI=1S/C15H13ClN2/c1-11-5-2-3-6-12(11)9-13-10-18-14(16)7-4-8-15(18)17-13/h2-8,10H,9H2,1H3. The Morgan fingerprint density at radius 1 is 1.11 bits per heavy atom. The first kappa shape index (κ1) is 11.3. The van der Waals surface area contributed by atoms with Gasteiger partial charge in [0.1, 0.15) is 10.8 Å². The van der Waals surface area contributed by atoms with Crippen molar-refractivity contribution < 1.29 is 0 Å². The fourth-order valence-electron chi connectivity index (χ4n) is 2.12. The van der Waals surface area contributed by atoms with Gasteiger partial charge < -0.3 is 0 Å². The fraction of sp³-hybridized carbons (Fsp3) is 0.133. The highest BCUT2D eigenvalue weighted by Gasteiger charge is 2.06. The van der Waals surface area contributed by atoms with Crippen LogP contribution in [0.4, 0.5) is 0 Å². The van der Waals surface area contributed by atoms with Crippen LogP contribution in [-0.4, -0.2) is 9.38 Å². The van der Waals surface area contributed by atoms with Crippen LogP contribution in [0.3, 0.4) is 0 Å². The Balaban J connectivity index is 2.01. The zero-order valence-electron chi connectivity index (χ0n) is 10.1. The van der Waals surface area contributed by atoms with E-state index in [1.807, 2.05) is 28.8 Å². The molecule has 1 aromatic carbocycles. The molecule has 3 heteroatoms. The Morgan fingerprint density at radius 3 is 2.72 bits per heavy atom. The third kappa shape index (κ3) is 2.00. The molecular weight excluding hydrogens is 244 g/mol. The van der Waals surface area contributed by atoms with Crippen molar-refractivity contribution in [2.45, 2.75) is 13.3 Å².